The highest BCUT2D eigenvalue weighted by Gasteiger charge is 2.19. The van der Waals surface area contributed by atoms with E-state index < -0.39 is 0 Å². The van der Waals surface area contributed by atoms with Crippen LogP contribution in [0.1, 0.15) is 32.1 Å². The normalized spacial score (nSPS) is 19.0. The molecule has 1 N–H and O–H groups in total. The highest BCUT2D eigenvalue weighted by molar-refractivity contribution is 8.03. The molecule has 2 rings (SSSR count). The molecular weight excluding hydrogens is 222 g/mol. The van der Waals surface area contributed by atoms with Crippen molar-refractivity contribution in [1.29, 1.82) is 0 Å². The number of nitrogens with one attached hydrogen (secondary N) is 1. The van der Waals surface area contributed by atoms with Gasteiger partial charge in [0.2, 0.25) is 0 Å². The molecule has 0 atom stereocenters. The molecule has 0 aromatic rings. The van der Waals surface area contributed by atoms with Gasteiger partial charge < -0.3 is 0 Å². The summed E-state index contributed by atoms with van der Waals surface area (Å²) >= 11 is 1.92. The maximum atomic E-state index is 11.2. The maximum Gasteiger partial charge on any atom is 0.254 e. The van der Waals surface area contributed by atoms with Gasteiger partial charge in [-0.2, -0.15) is 0 Å². The zero-order valence-corrected chi connectivity index (χ0v) is 9.94. The molecule has 4 heteroatoms. The summed E-state index contributed by atoms with van der Waals surface area (Å²) in [5.41, 5.74) is 0.637. The highest BCUT2D eigenvalue weighted by atomic mass is 32.2. The smallest absolute Gasteiger partial charge is 0.254 e. The first-order valence-corrected chi connectivity index (χ1v) is 6.62. The topological polar surface area (TPSA) is 46.2 Å². The molecule has 16 heavy (non-hydrogen) atoms. The molecule has 1 heterocycles. The van der Waals surface area contributed by atoms with Gasteiger partial charge in [-0.15, -0.1) is 11.8 Å². The van der Waals surface area contributed by atoms with E-state index in [1.165, 1.54) is 23.8 Å². The van der Waals surface area contributed by atoms with Crippen LogP contribution in [-0.2, 0) is 9.59 Å². The first kappa shape index (κ1) is 11.5. The van der Waals surface area contributed by atoms with E-state index in [9.17, 15) is 9.59 Å². The maximum absolute atomic E-state index is 11.2. The van der Waals surface area contributed by atoms with Crippen LogP contribution in [0, 0.1) is 0 Å². The lowest BCUT2D eigenvalue weighted by atomic mass is 10.1. The molecule has 0 aromatic carbocycles. The second-order valence-corrected chi connectivity index (χ2v) is 5.22. The van der Waals surface area contributed by atoms with Crippen LogP contribution in [-0.4, -0.2) is 17.6 Å². The number of carbonyl (C=O) groups excluding carboxylic acids is 2. The molecule has 0 bridgehead atoms. The minimum atomic E-state index is -0.269. The van der Waals surface area contributed by atoms with Crippen molar-refractivity contribution in [3.05, 3.63) is 22.6 Å². The molecule has 0 saturated carbocycles. The van der Waals surface area contributed by atoms with Gasteiger partial charge in [0.25, 0.3) is 11.8 Å². The van der Waals surface area contributed by atoms with E-state index in [0.717, 1.165) is 25.0 Å². The predicted octanol–water partition coefficient (Wildman–Crippen LogP) is 2.15. The summed E-state index contributed by atoms with van der Waals surface area (Å²) < 4.78 is 0. The molecular formula is C12H15NO2S. The number of hydrogen-bond donors (Lipinski definition) is 1. The number of imide groups is 1. The van der Waals surface area contributed by atoms with Crippen molar-refractivity contribution < 1.29 is 9.59 Å². The monoisotopic (exact) mass is 237 g/mol. The minimum Gasteiger partial charge on any atom is -0.289 e. The second kappa shape index (κ2) is 5.34. The van der Waals surface area contributed by atoms with Crippen molar-refractivity contribution in [1.82, 2.24) is 5.32 Å². The molecule has 2 amide bonds. The lowest BCUT2D eigenvalue weighted by Gasteiger charge is -2.12. The van der Waals surface area contributed by atoms with Gasteiger partial charge in [-0.1, -0.05) is 6.08 Å². The third kappa shape index (κ3) is 2.98. The Kier molecular flexibility index (Phi) is 3.83. The number of thioether (sulfide) groups is 1. The fourth-order valence-electron chi connectivity index (χ4n) is 1.65. The van der Waals surface area contributed by atoms with E-state index in [-0.39, 0.29) is 11.8 Å². The Morgan fingerprint density at radius 1 is 1.31 bits per heavy atom. The molecule has 0 saturated heterocycles. The van der Waals surface area contributed by atoms with Gasteiger partial charge in [-0.05, 0) is 42.8 Å². The van der Waals surface area contributed by atoms with Crippen LogP contribution in [0.15, 0.2) is 22.6 Å². The van der Waals surface area contributed by atoms with E-state index >= 15 is 0 Å². The van der Waals surface area contributed by atoms with E-state index in [4.69, 9.17) is 0 Å². The van der Waals surface area contributed by atoms with E-state index in [0.29, 0.717) is 5.57 Å². The molecule has 0 unspecified atom stereocenters. The standard InChI is InChI=1S/C12H15NO2S/c14-11-8-9(12(15)13-11)4-1-2-7-16-10-5-3-6-10/h5,8H,1-4,6-7H2,(H,13,14,15). The first-order valence-electron chi connectivity index (χ1n) is 5.63. The van der Waals surface area contributed by atoms with Gasteiger partial charge in [0.1, 0.15) is 0 Å². The van der Waals surface area contributed by atoms with E-state index in [1.54, 1.807) is 0 Å². The number of hydrogen-bond acceptors (Lipinski definition) is 3. The Balaban J connectivity index is 1.59. The summed E-state index contributed by atoms with van der Waals surface area (Å²) in [6, 6.07) is 0. The largest absolute Gasteiger partial charge is 0.289 e. The van der Waals surface area contributed by atoms with E-state index in [1.807, 2.05) is 11.8 Å². The summed E-state index contributed by atoms with van der Waals surface area (Å²) in [6.45, 7) is 0. The van der Waals surface area contributed by atoms with Crippen molar-refractivity contribution in [3.63, 3.8) is 0 Å². The fourth-order valence-corrected chi connectivity index (χ4v) is 2.76. The molecule has 1 aliphatic carbocycles. The summed E-state index contributed by atoms with van der Waals surface area (Å²) in [7, 11) is 0. The van der Waals surface area contributed by atoms with Crippen LogP contribution >= 0.6 is 11.8 Å². The lowest BCUT2D eigenvalue weighted by molar-refractivity contribution is -0.123. The number of allylic oxidation sites excluding steroid dienone is 2. The lowest BCUT2D eigenvalue weighted by Crippen LogP contribution is -2.22. The van der Waals surface area contributed by atoms with Gasteiger partial charge in [-0.25, -0.2) is 0 Å². The molecule has 0 spiro atoms. The first-order chi connectivity index (χ1) is 7.75. The van der Waals surface area contributed by atoms with Crippen LogP contribution in [0.5, 0.6) is 0 Å². The second-order valence-electron chi connectivity index (χ2n) is 4.00. The van der Waals surface area contributed by atoms with Gasteiger partial charge in [0.15, 0.2) is 0 Å². The molecule has 86 valence electrons. The van der Waals surface area contributed by atoms with Crippen molar-refractivity contribution in [2.24, 2.45) is 0 Å². The average molecular weight is 237 g/mol. The Morgan fingerprint density at radius 3 is 2.69 bits per heavy atom. The SMILES string of the molecule is O=C1C=C(CCCCSC2=CCC2)C(=O)N1. The number of carbonyl (C=O) groups is 2. The molecule has 0 radical (unpaired) electrons. The molecule has 2 aliphatic rings. The number of rotatable bonds is 6. The summed E-state index contributed by atoms with van der Waals surface area (Å²) in [5.74, 6) is 0.641. The van der Waals surface area contributed by atoms with Crippen LogP contribution in [0.2, 0.25) is 0 Å². The zero-order chi connectivity index (χ0) is 11.4. The van der Waals surface area contributed by atoms with Gasteiger partial charge in [0.05, 0.1) is 0 Å². The summed E-state index contributed by atoms with van der Waals surface area (Å²) in [4.78, 5) is 23.6. The van der Waals surface area contributed by atoms with Crippen molar-refractivity contribution in [2.45, 2.75) is 32.1 Å². The summed E-state index contributed by atoms with van der Waals surface area (Å²) in [5, 5.41) is 2.26. The van der Waals surface area contributed by atoms with Crippen LogP contribution in [0.4, 0.5) is 0 Å². The zero-order valence-electron chi connectivity index (χ0n) is 9.12. The van der Waals surface area contributed by atoms with Crippen LogP contribution in [0.25, 0.3) is 0 Å². The Morgan fingerprint density at radius 2 is 2.12 bits per heavy atom. The molecule has 1 aliphatic heterocycles. The van der Waals surface area contributed by atoms with Gasteiger partial charge in [-0.3, -0.25) is 14.9 Å². The summed E-state index contributed by atoms with van der Waals surface area (Å²) in [6.07, 6.45) is 8.97. The van der Waals surface area contributed by atoms with Crippen molar-refractivity contribution in [2.75, 3.05) is 5.75 Å². The van der Waals surface area contributed by atoms with Crippen molar-refractivity contribution >= 4 is 23.6 Å². The van der Waals surface area contributed by atoms with Gasteiger partial charge >= 0.3 is 0 Å². The average Bonchev–Trinajstić information content (AvgIpc) is 2.48. The Labute approximate surface area is 99.4 Å². The predicted molar refractivity (Wildman–Crippen MR) is 64.9 cm³/mol. The van der Waals surface area contributed by atoms with Crippen molar-refractivity contribution in [3.8, 4) is 0 Å². The molecule has 0 aromatic heterocycles. The van der Waals surface area contributed by atoms with E-state index in [2.05, 4.69) is 11.4 Å². The highest BCUT2D eigenvalue weighted by Crippen LogP contribution is 2.30. The Bertz CT molecular complexity index is 371. The fraction of sp³-hybridized carbons (Fsp3) is 0.500. The molecule has 3 nitrogen and oxygen atoms in total. The number of unbranched alkanes of at least 4 members (excludes halogenated alkanes) is 1. The third-order valence-corrected chi connectivity index (χ3v) is 3.96. The number of amides is 2. The quantitative estimate of drug-likeness (QED) is 0.568. The van der Waals surface area contributed by atoms with Gasteiger partial charge in [0, 0.05) is 11.6 Å². The van der Waals surface area contributed by atoms with Crippen LogP contribution < -0.4 is 5.32 Å². The Hall–Kier alpha value is -1.03. The molecule has 0 fully saturated rings. The van der Waals surface area contributed by atoms with Crippen LogP contribution in [0.3, 0.4) is 0 Å². The third-order valence-electron chi connectivity index (χ3n) is 2.72. The minimum absolute atomic E-state index is 0.209.